The van der Waals surface area contributed by atoms with Crippen molar-refractivity contribution < 1.29 is 19.1 Å². The molecule has 0 saturated heterocycles. The van der Waals surface area contributed by atoms with E-state index in [1.165, 1.54) is 0 Å². The van der Waals surface area contributed by atoms with Gasteiger partial charge in [0.1, 0.15) is 17.7 Å². The highest BCUT2D eigenvalue weighted by molar-refractivity contribution is 5.92. The first-order chi connectivity index (χ1) is 18.7. The lowest BCUT2D eigenvalue weighted by Gasteiger charge is -2.34. The SMILES string of the molecule is CCCN(C(=O)C(Cc1ccccc1)NC(=O)OC(C)(C)C)C(C(=O)NCc1ccccc1)c1ccccc1. The predicted octanol–water partition coefficient (Wildman–Crippen LogP) is 5.42. The van der Waals surface area contributed by atoms with Crippen LogP contribution in [0.4, 0.5) is 4.79 Å². The van der Waals surface area contributed by atoms with E-state index in [-0.39, 0.29) is 18.2 Å². The van der Waals surface area contributed by atoms with Crippen LogP contribution in [0.1, 0.15) is 56.8 Å². The second kappa shape index (κ2) is 14.1. The molecular formula is C32H39N3O4. The fourth-order valence-corrected chi connectivity index (χ4v) is 4.30. The van der Waals surface area contributed by atoms with Crippen LogP contribution in [0, 0.1) is 0 Å². The van der Waals surface area contributed by atoms with Gasteiger partial charge in [-0.1, -0.05) is 97.9 Å². The minimum absolute atomic E-state index is 0.256. The molecule has 2 unspecified atom stereocenters. The maximum Gasteiger partial charge on any atom is 0.408 e. The molecule has 0 spiro atoms. The van der Waals surface area contributed by atoms with Crippen LogP contribution in [-0.4, -0.2) is 41.0 Å². The molecule has 0 heterocycles. The van der Waals surface area contributed by atoms with E-state index in [2.05, 4.69) is 10.6 Å². The van der Waals surface area contributed by atoms with E-state index in [1.54, 1.807) is 25.7 Å². The number of carbonyl (C=O) groups excluding carboxylic acids is 3. The van der Waals surface area contributed by atoms with Crippen molar-refractivity contribution in [2.24, 2.45) is 0 Å². The van der Waals surface area contributed by atoms with Gasteiger partial charge in [-0.3, -0.25) is 9.59 Å². The molecule has 7 nitrogen and oxygen atoms in total. The van der Waals surface area contributed by atoms with E-state index in [9.17, 15) is 14.4 Å². The number of ether oxygens (including phenoxy) is 1. The molecule has 0 bridgehead atoms. The molecule has 3 aromatic rings. The first-order valence-electron chi connectivity index (χ1n) is 13.4. The molecular weight excluding hydrogens is 490 g/mol. The quantitative estimate of drug-likeness (QED) is 0.347. The van der Waals surface area contributed by atoms with Gasteiger partial charge >= 0.3 is 6.09 Å². The summed E-state index contributed by atoms with van der Waals surface area (Å²) < 4.78 is 5.48. The van der Waals surface area contributed by atoms with E-state index < -0.39 is 23.8 Å². The third kappa shape index (κ3) is 9.28. The smallest absolute Gasteiger partial charge is 0.408 e. The van der Waals surface area contributed by atoms with Crippen LogP contribution in [0.2, 0.25) is 0 Å². The van der Waals surface area contributed by atoms with E-state index in [1.807, 2.05) is 97.9 Å². The summed E-state index contributed by atoms with van der Waals surface area (Å²) in [5.41, 5.74) is 1.81. The fourth-order valence-electron chi connectivity index (χ4n) is 4.30. The molecule has 0 fully saturated rings. The first kappa shape index (κ1) is 29.4. The van der Waals surface area contributed by atoms with Crippen LogP contribution in [0.5, 0.6) is 0 Å². The lowest BCUT2D eigenvalue weighted by atomic mass is 10.00. The summed E-state index contributed by atoms with van der Waals surface area (Å²) in [6.45, 7) is 7.93. The van der Waals surface area contributed by atoms with Crippen molar-refractivity contribution in [2.45, 2.75) is 64.8 Å². The minimum Gasteiger partial charge on any atom is -0.444 e. The Labute approximate surface area is 231 Å². The van der Waals surface area contributed by atoms with Crippen LogP contribution in [0.15, 0.2) is 91.0 Å². The summed E-state index contributed by atoms with van der Waals surface area (Å²) in [7, 11) is 0. The molecule has 0 aromatic heterocycles. The van der Waals surface area contributed by atoms with Crippen molar-refractivity contribution in [1.29, 1.82) is 0 Å². The summed E-state index contributed by atoms with van der Waals surface area (Å²) in [4.78, 5) is 42.3. The average Bonchev–Trinajstić information content (AvgIpc) is 2.91. The number of amides is 3. The first-order valence-corrected chi connectivity index (χ1v) is 13.4. The van der Waals surface area contributed by atoms with Gasteiger partial charge in [0.25, 0.3) is 0 Å². The van der Waals surface area contributed by atoms with Crippen LogP contribution in [0.25, 0.3) is 0 Å². The van der Waals surface area contributed by atoms with Crippen molar-refractivity contribution in [3.63, 3.8) is 0 Å². The highest BCUT2D eigenvalue weighted by Gasteiger charge is 2.36. The van der Waals surface area contributed by atoms with Gasteiger partial charge in [0.2, 0.25) is 11.8 Å². The van der Waals surface area contributed by atoms with Gasteiger partial charge in [0.05, 0.1) is 0 Å². The van der Waals surface area contributed by atoms with Gasteiger partial charge < -0.3 is 20.3 Å². The number of hydrogen-bond acceptors (Lipinski definition) is 4. The molecule has 0 saturated carbocycles. The van der Waals surface area contributed by atoms with Gasteiger partial charge in [-0.2, -0.15) is 0 Å². The summed E-state index contributed by atoms with van der Waals surface area (Å²) in [6.07, 6.45) is 0.204. The second-order valence-electron chi connectivity index (χ2n) is 10.4. The highest BCUT2D eigenvalue weighted by atomic mass is 16.6. The molecule has 3 amide bonds. The van der Waals surface area contributed by atoms with E-state index in [4.69, 9.17) is 4.74 Å². The van der Waals surface area contributed by atoms with Crippen molar-refractivity contribution in [3.05, 3.63) is 108 Å². The lowest BCUT2D eigenvalue weighted by Crippen LogP contribution is -2.54. The third-order valence-corrected chi connectivity index (χ3v) is 6.00. The molecule has 39 heavy (non-hydrogen) atoms. The van der Waals surface area contributed by atoms with Crippen LogP contribution >= 0.6 is 0 Å². The van der Waals surface area contributed by atoms with E-state index >= 15 is 0 Å². The molecule has 3 aromatic carbocycles. The number of benzene rings is 3. The van der Waals surface area contributed by atoms with Crippen LogP contribution < -0.4 is 10.6 Å². The van der Waals surface area contributed by atoms with Crippen LogP contribution in [0.3, 0.4) is 0 Å². The Morgan fingerprint density at radius 1 is 0.821 bits per heavy atom. The van der Waals surface area contributed by atoms with E-state index in [0.717, 1.165) is 11.1 Å². The molecule has 2 atom stereocenters. The Hall–Kier alpha value is -4.13. The van der Waals surface area contributed by atoms with Crippen molar-refractivity contribution >= 4 is 17.9 Å². The molecule has 0 radical (unpaired) electrons. The van der Waals surface area contributed by atoms with Gasteiger partial charge in [-0.15, -0.1) is 0 Å². The zero-order valence-electron chi connectivity index (χ0n) is 23.2. The zero-order chi connectivity index (χ0) is 28.3. The molecule has 2 N–H and O–H groups in total. The monoisotopic (exact) mass is 529 g/mol. The Bertz CT molecular complexity index is 1190. The second-order valence-corrected chi connectivity index (χ2v) is 10.4. The van der Waals surface area contributed by atoms with Crippen LogP contribution in [-0.2, 0) is 27.3 Å². The van der Waals surface area contributed by atoms with E-state index in [0.29, 0.717) is 25.1 Å². The number of carbonyl (C=O) groups is 3. The zero-order valence-corrected chi connectivity index (χ0v) is 23.2. The number of alkyl carbamates (subject to hydrolysis) is 1. The number of nitrogens with one attached hydrogen (secondary N) is 2. The Balaban J connectivity index is 1.94. The molecule has 0 aliphatic heterocycles. The maximum absolute atomic E-state index is 14.2. The van der Waals surface area contributed by atoms with Gasteiger partial charge in [-0.25, -0.2) is 4.79 Å². The summed E-state index contributed by atoms with van der Waals surface area (Å²) in [6, 6.07) is 26.6. The lowest BCUT2D eigenvalue weighted by molar-refractivity contribution is -0.142. The van der Waals surface area contributed by atoms with Gasteiger partial charge in [0, 0.05) is 19.5 Å². The molecule has 0 aliphatic rings. The maximum atomic E-state index is 14.2. The number of hydrogen-bond donors (Lipinski definition) is 2. The average molecular weight is 530 g/mol. The number of rotatable bonds is 11. The van der Waals surface area contributed by atoms with Gasteiger partial charge in [-0.05, 0) is 43.9 Å². The summed E-state index contributed by atoms with van der Waals surface area (Å²) in [5.74, 6) is -0.641. The predicted molar refractivity (Wildman–Crippen MR) is 153 cm³/mol. The Morgan fingerprint density at radius 3 is 1.90 bits per heavy atom. The van der Waals surface area contributed by atoms with Crippen molar-refractivity contribution in [3.8, 4) is 0 Å². The molecule has 206 valence electrons. The third-order valence-electron chi connectivity index (χ3n) is 6.00. The Morgan fingerprint density at radius 2 is 1.36 bits per heavy atom. The van der Waals surface area contributed by atoms with Crippen molar-refractivity contribution in [2.75, 3.05) is 6.54 Å². The largest absolute Gasteiger partial charge is 0.444 e. The molecule has 0 aliphatic carbocycles. The Kier molecular flexibility index (Phi) is 10.7. The summed E-state index contributed by atoms with van der Waals surface area (Å²) >= 11 is 0. The number of nitrogens with zero attached hydrogens (tertiary/aromatic N) is 1. The topological polar surface area (TPSA) is 87.7 Å². The van der Waals surface area contributed by atoms with Gasteiger partial charge in [0.15, 0.2) is 0 Å². The molecule has 3 rings (SSSR count). The van der Waals surface area contributed by atoms with Crippen molar-refractivity contribution in [1.82, 2.24) is 15.5 Å². The highest BCUT2D eigenvalue weighted by Crippen LogP contribution is 2.24. The fraction of sp³-hybridized carbons (Fsp3) is 0.344. The summed E-state index contributed by atoms with van der Waals surface area (Å²) in [5, 5.41) is 5.79. The normalized spacial score (nSPS) is 12.6. The minimum atomic E-state index is -0.929. The standard InChI is InChI=1S/C32H39N3O4/c1-5-21-35(28(26-19-13-8-14-20-26)29(36)33-23-25-17-11-7-12-18-25)30(37)27(22-24-15-9-6-10-16-24)34-31(38)39-32(2,3)4/h6-20,27-28H,5,21-23H2,1-4H3,(H,33,36)(H,34,38). The molecule has 7 heteroatoms.